The van der Waals surface area contributed by atoms with Gasteiger partial charge in [0.1, 0.15) is 24.6 Å². The summed E-state index contributed by atoms with van der Waals surface area (Å²) in [6, 6.07) is 10.4. The van der Waals surface area contributed by atoms with Gasteiger partial charge < -0.3 is 40.4 Å². The first-order valence-electron chi connectivity index (χ1n) is 14.0. The fourth-order valence-corrected chi connectivity index (χ4v) is 4.05. The number of carbonyl (C=O) groups is 1. The SMILES string of the molecule is COc1cc(OCCO)c(F)c([C@@H](Nc2ccc(C(N)NC(=O)OCC(C)(C)C)cc2)c2nc(OC)n(-c3ncccn3)n2)c1. The molecule has 0 saturated carbocycles. The number of amides is 1. The Labute approximate surface area is 259 Å². The molecule has 0 aliphatic heterocycles. The molecule has 0 aliphatic carbocycles. The van der Waals surface area contributed by atoms with Crippen molar-refractivity contribution in [1.29, 1.82) is 0 Å². The van der Waals surface area contributed by atoms with Gasteiger partial charge in [-0.25, -0.2) is 19.2 Å². The predicted molar refractivity (Wildman–Crippen MR) is 162 cm³/mol. The molecule has 0 aliphatic rings. The molecule has 45 heavy (non-hydrogen) atoms. The first kappa shape index (κ1) is 32.9. The van der Waals surface area contributed by atoms with E-state index in [9.17, 15) is 9.90 Å². The average molecular weight is 625 g/mol. The summed E-state index contributed by atoms with van der Waals surface area (Å²) in [7, 11) is 2.85. The van der Waals surface area contributed by atoms with Gasteiger partial charge in [0.15, 0.2) is 17.4 Å². The molecule has 4 aromatic rings. The van der Waals surface area contributed by atoms with E-state index < -0.39 is 24.1 Å². The fraction of sp³-hybridized carbons (Fsp3) is 0.367. The van der Waals surface area contributed by atoms with Crippen LogP contribution in [0.1, 0.15) is 49.9 Å². The molecule has 2 aromatic carbocycles. The molecular weight excluding hydrogens is 587 g/mol. The minimum Gasteiger partial charge on any atom is -0.497 e. The van der Waals surface area contributed by atoms with Crippen molar-refractivity contribution >= 4 is 11.8 Å². The van der Waals surface area contributed by atoms with Crippen LogP contribution in [0.3, 0.4) is 0 Å². The first-order valence-corrected chi connectivity index (χ1v) is 14.0. The molecule has 15 heteroatoms. The number of nitrogens with one attached hydrogen (secondary N) is 2. The number of nitrogens with two attached hydrogens (primary N) is 1. The van der Waals surface area contributed by atoms with E-state index in [1.54, 1.807) is 30.3 Å². The Bertz CT molecular complexity index is 1560. The molecule has 0 saturated heterocycles. The van der Waals surface area contributed by atoms with Gasteiger partial charge in [-0.15, -0.1) is 9.78 Å². The van der Waals surface area contributed by atoms with Crippen molar-refractivity contribution in [1.82, 2.24) is 30.0 Å². The number of rotatable bonds is 13. The molecular formula is C30H37FN8O6. The minimum absolute atomic E-state index is 0.0637. The molecule has 0 radical (unpaired) electrons. The van der Waals surface area contributed by atoms with E-state index in [4.69, 9.17) is 24.7 Å². The summed E-state index contributed by atoms with van der Waals surface area (Å²) in [5, 5.41) is 19.7. The largest absolute Gasteiger partial charge is 0.497 e. The van der Waals surface area contributed by atoms with E-state index in [1.807, 2.05) is 20.8 Å². The van der Waals surface area contributed by atoms with E-state index in [0.29, 0.717) is 17.0 Å². The van der Waals surface area contributed by atoms with Crippen LogP contribution in [0, 0.1) is 11.2 Å². The topological polar surface area (TPSA) is 181 Å². The number of aromatic nitrogens is 5. The van der Waals surface area contributed by atoms with Gasteiger partial charge in [-0.3, -0.25) is 0 Å². The molecule has 2 heterocycles. The maximum Gasteiger partial charge on any atom is 0.408 e. The highest BCUT2D eigenvalue weighted by Crippen LogP contribution is 2.36. The maximum atomic E-state index is 16.0. The number of aliphatic hydroxyl groups excluding tert-OH is 1. The molecule has 2 atom stereocenters. The number of benzene rings is 2. The van der Waals surface area contributed by atoms with Crippen LogP contribution in [-0.4, -0.2) is 70.0 Å². The van der Waals surface area contributed by atoms with Crippen LogP contribution in [-0.2, 0) is 4.74 Å². The van der Waals surface area contributed by atoms with Crippen molar-refractivity contribution in [2.24, 2.45) is 11.1 Å². The predicted octanol–water partition coefficient (Wildman–Crippen LogP) is 3.52. The summed E-state index contributed by atoms with van der Waals surface area (Å²) in [5.41, 5.74) is 7.22. The van der Waals surface area contributed by atoms with Gasteiger partial charge in [-0.05, 0) is 35.2 Å². The number of alkyl carbamates (subject to hydrolysis) is 1. The van der Waals surface area contributed by atoms with Gasteiger partial charge in [0.25, 0.3) is 5.95 Å². The lowest BCUT2D eigenvalue weighted by atomic mass is 9.99. The standard InChI is InChI=1S/C30H37FN8O6/c1-30(2,3)17-45-29(41)36-25(32)18-7-9-19(10-8-18)35-24(21-15-20(42-4)16-22(23(21)31)44-14-13-40)26-37-28(43-5)39(38-26)27-33-11-6-12-34-27/h6-12,15-16,24-25,35,40H,13-14,17,32H2,1-5H3,(H,36,41)/t24-,25?/m1/s1. The van der Waals surface area contributed by atoms with Crippen LogP contribution in [0.4, 0.5) is 14.9 Å². The van der Waals surface area contributed by atoms with Crippen molar-refractivity contribution in [3.63, 3.8) is 0 Å². The van der Waals surface area contributed by atoms with Gasteiger partial charge >= 0.3 is 12.1 Å². The summed E-state index contributed by atoms with van der Waals surface area (Å²) in [4.78, 5) is 25.1. The lowest BCUT2D eigenvalue weighted by Gasteiger charge is -2.21. The van der Waals surface area contributed by atoms with Gasteiger partial charge in [0, 0.05) is 29.7 Å². The first-order chi connectivity index (χ1) is 21.5. The van der Waals surface area contributed by atoms with Gasteiger partial charge in [-0.2, -0.15) is 4.98 Å². The van der Waals surface area contributed by atoms with Crippen LogP contribution in [0.2, 0.25) is 0 Å². The van der Waals surface area contributed by atoms with Crippen LogP contribution in [0.25, 0.3) is 5.95 Å². The second-order valence-corrected chi connectivity index (χ2v) is 11.0. The van der Waals surface area contributed by atoms with Crippen molar-refractivity contribution in [2.45, 2.75) is 33.0 Å². The Kier molecular flexibility index (Phi) is 10.7. The second kappa shape index (κ2) is 14.6. The van der Waals surface area contributed by atoms with Crippen LogP contribution in [0.15, 0.2) is 54.9 Å². The normalized spacial score (nSPS) is 12.6. The molecule has 2 aromatic heterocycles. The van der Waals surface area contributed by atoms with E-state index in [2.05, 4.69) is 30.7 Å². The number of nitrogens with zero attached hydrogens (tertiary/aromatic N) is 5. The van der Waals surface area contributed by atoms with Crippen molar-refractivity contribution in [3.8, 4) is 23.5 Å². The smallest absolute Gasteiger partial charge is 0.408 e. The van der Waals surface area contributed by atoms with Crippen LogP contribution in [0.5, 0.6) is 17.5 Å². The Morgan fingerprint density at radius 1 is 1.11 bits per heavy atom. The van der Waals surface area contributed by atoms with Gasteiger partial charge in [0.2, 0.25) is 0 Å². The summed E-state index contributed by atoms with van der Waals surface area (Å²) >= 11 is 0. The second-order valence-electron chi connectivity index (χ2n) is 11.0. The highest BCUT2D eigenvalue weighted by atomic mass is 19.1. The number of anilines is 1. The number of halogens is 1. The Balaban J connectivity index is 1.69. The van der Waals surface area contributed by atoms with Crippen LogP contribution >= 0.6 is 0 Å². The highest BCUT2D eigenvalue weighted by Gasteiger charge is 2.28. The minimum atomic E-state index is -1.01. The molecule has 0 fully saturated rings. The van der Waals surface area contributed by atoms with Crippen LogP contribution < -0.4 is 30.6 Å². The number of ether oxygens (including phenoxy) is 4. The third-order valence-electron chi connectivity index (χ3n) is 6.20. The third-order valence-corrected chi connectivity index (χ3v) is 6.20. The maximum absolute atomic E-state index is 16.0. The van der Waals surface area contributed by atoms with Gasteiger partial charge in [-0.1, -0.05) is 32.9 Å². The number of hydrogen-bond acceptors (Lipinski definition) is 12. The van der Waals surface area contributed by atoms with E-state index in [1.165, 1.54) is 43.4 Å². The fourth-order valence-electron chi connectivity index (χ4n) is 4.05. The molecule has 0 spiro atoms. The Morgan fingerprint density at radius 3 is 2.44 bits per heavy atom. The highest BCUT2D eigenvalue weighted by molar-refractivity contribution is 5.68. The third kappa shape index (κ3) is 8.55. The van der Waals surface area contributed by atoms with E-state index in [0.717, 1.165) is 0 Å². The molecule has 14 nitrogen and oxygen atoms in total. The monoisotopic (exact) mass is 624 g/mol. The summed E-state index contributed by atoms with van der Waals surface area (Å²) in [6.07, 6.45) is 1.61. The zero-order valence-corrected chi connectivity index (χ0v) is 25.7. The zero-order valence-electron chi connectivity index (χ0n) is 25.7. The number of hydrogen-bond donors (Lipinski definition) is 4. The number of carbonyl (C=O) groups excluding carboxylic acids is 1. The molecule has 4 rings (SSSR count). The quantitative estimate of drug-likeness (QED) is 0.159. The molecule has 1 unspecified atom stereocenters. The molecule has 5 N–H and O–H groups in total. The lowest BCUT2D eigenvalue weighted by molar-refractivity contribution is 0.103. The van der Waals surface area contributed by atoms with E-state index in [-0.39, 0.29) is 54.3 Å². The van der Waals surface area contributed by atoms with Crippen molar-refractivity contribution < 1.29 is 33.2 Å². The molecule has 240 valence electrons. The summed E-state index contributed by atoms with van der Waals surface area (Å²) in [6.45, 7) is 5.63. The Morgan fingerprint density at radius 2 is 1.82 bits per heavy atom. The molecule has 1 amide bonds. The Hall–Kier alpha value is -5.02. The molecule has 0 bridgehead atoms. The number of aliphatic hydroxyl groups is 1. The average Bonchev–Trinajstić information content (AvgIpc) is 3.47. The van der Waals surface area contributed by atoms with E-state index >= 15 is 4.39 Å². The number of methoxy groups -OCH3 is 2. The lowest BCUT2D eigenvalue weighted by Crippen LogP contribution is -2.35. The summed E-state index contributed by atoms with van der Waals surface area (Å²) in [5.74, 6) is -0.242. The van der Waals surface area contributed by atoms with Crippen molar-refractivity contribution in [2.75, 3.05) is 39.4 Å². The zero-order chi connectivity index (χ0) is 32.6. The van der Waals surface area contributed by atoms with Gasteiger partial charge in [0.05, 0.1) is 27.4 Å². The summed E-state index contributed by atoms with van der Waals surface area (Å²) < 4.78 is 38.8. The van der Waals surface area contributed by atoms with Crippen molar-refractivity contribution in [3.05, 3.63) is 77.6 Å².